The third-order valence-corrected chi connectivity index (χ3v) is 2.65. The maximum Gasteiger partial charge on any atom is 0.236 e. The Kier molecular flexibility index (Phi) is 5.09. The van der Waals surface area contributed by atoms with Crippen LogP contribution in [0.5, 0.6) is 5.75 Å². The second-order valence-corrected chi connectivity index (χ2v) is 4.41. The number of aromatic hydroxyl groups is 1. The summed E-state index contributed by atoms with van der Waals surface area (Å²) < 4.78 is 13.1. The third-order valence-electron chi connectivity index (χ3n) is 2.65. The van der Waals surface area contributed by atoms with Crippen molar-refractivity contribution in [2.24, 2.45) is 0 Å². The Bertz CT molecular complexity index is 401. The van der Waals surface area contributed by atoms with Crippen LogP contribution in [0.25, 0.3) is 0 Å². The predicted octanol–water partition coefficient (Wildman–Crippen LogP) is 1.44. The summed E-state index contributed by atoms with van der Waals surface area (Å²) in [5, 5.41) is 9.32. The molecule has 0 spiro atoms. The molecule has 0 unspecified atom stereocenters. The van der Waals surface area contributed by atoms with Gasteiger partial charge in [0.1, 0.15) is 11.6 Å². The summed E-state index contributed by atoms with van der Waals surface area (Å²) >= 11 is 0. The summed E-state index contributed by atoms with van der Waals surface area (Å²) in [6.07, 6.45) is 0. The van der Waals surface area contributed by atoms with Gasteiger partial charge in [-0.2, -0.15) is 0 Å². The average molecular weight is 254 g/mol. The lowest BCUT2D eigenvalue weighted by molar-refractivity contribution is -0.130. The molecular formula is C13H19FN2O2. The molecule has 0 atom stereocenters. The lowest BCUT2D eigenvalue weighted by Gasteiger charge is -2.22. The highest BCUT2D eigenvalue weighted by Crippen LogP contribution is 2.16. The Labute approximate surface area is 107 Å². The molecule has 0 aliphatic heterocycles. The lowest BCUT2D eigenvalue weighted by atomic mass is 10.2. The standard InChI is InChI=1S/C13H19FN2O2/c1-4-16(9-13(18)15(2)3)8-10-5-11(14)7-12(17)6-10/h5-7,17H,4,8-9H2,1-3H3. The minimum Gasteiger partial charge on any atom is -0.508 e. The Balaban J connectivity index is 2.70. The maximum absolute atomic E-state index is 13.1. The van der Waals surface area contributed by atoms with Crippen molar-refractivity contribution in [1.82, 2.24) is 9.80 Å². The highest BCUT2D eigenvalue weighted by molar-refractivity contribution is 5.77. The molecule has 1 aromatic rings. The van der Waals surface area contributed by atoms with E-state index < -0.39 is 5.82 Å². The summed E-state index contributed by atoms with van der Waals surface area (Å²) in [6, 6.07) is 3.93. The SMILES string of the molecule is CCN(CC(=O)N(C)C)Cc1cc(O)cc(F)c1. The molecule has 5 heteroatoms. The number of halogens is 1. The van der Waals surface area contributed by atoms with Gasteiger partial charge in [0.15, 0.2) is 0 Å². The van der Waals surface area contributed by atoms with Crippen LogP contribution in [-0.2, 0) is 11.3 Å². The van der Waals surface area contributed by atoms with Gasteiger partial charge in [-0.15, -0.1) is 0 Å². The van der Waals surface area contributed by atoms with Gasteiger partial charge in [0.05, 0.1) is 6.54 Å². The van der Waals surface area contributed by atoms with Crippen molar-refractivity contribution < 1.29 is 14.3 Å². The van der Waals surface area contributed by atoms with Gasteiger partial charge >= 0.3 is 0 Å². The van der Waals surface area contributed by atoms with Crippen molar-refractivity contribution in [1.29, 1.82) is 0 Å². The van der Waals surface area contributed by atoms with Gasteiger partial charge in [-0.25, -0.2) is 4.39 Å². The number of hydrogen-bond donors (Lipinski definition) is 1. The molecule has 0 fully saturated rings. The van der Waals surface area contributed by atoms with E-state index in [9.17, 15) is 14.3 Å². The second kappa shape index (κ2) is 6.35. The zero-order valence-corrected chi connectivity index (χ0v) is 11.0. The lowest BCUT2D eigenvalue weighted by Crippen LogP contribution is -2.36. The molecule has 1 amide bonds. The minimum atomic E-state index is -0.472. The fraction of sp³-hybridized carbons (Fsp3) is 0.462. The van der Waals surface area contributed by atoms with Gasteiger partial charge in [0.2, 0.25) is 5.91 Å². The molecule has 100 valence electrons. The highest BCUT2D eigenvalue weighted by Gasteiger charge is 2.12. The molecule has 0 aliphatic carbocycles. The van der Waals surface area contributed by atoms with Crippen LogP contribution >= 0.6 is 0 Å². The van der Waals surface area contributed by atoms with E-state index in [0.717, 1.165) is 6.07 Å². The van der Waals surface area contributed by atoms with Crippen LogP contribution in [0.2, 0.25) is 0 Å². The van der Waals surface area contributed by atoms with Crippen LogP contribution in [0.3, 0.4) is 0 Å². The van der Waals surface area contributed by atoms with E-state index >= 15 is 0 Å². The molecule has 0 aliphatic rings. The minimum absolute atomic E-state index is 0.00234. The first-order valence-corrected chi connectivity index (χ1v) is 5.83. The molecule has 18 heavy (non-hydrogen) atoms. The Hall–Kier alpha value is -1.62. The number of rotatable bonds is 5. The van der Waals surface area contributed by atoms with E-state index in [0.29, 0.717) is 18.7 Å². The van der Waals surface area contributed by atoms with Crippen LogP contribution < -0.4 is 0 Å². The Morgan fingerprint density at radius 3 is 2.50 bits per heavy atom. The van der Waals surface area contributed by atoms with Crippen molar-refractivity contribution in [3.05, 3.63) is 29.6 Å². The van der Waals surface area contributed by atoms with Crippen LogP contribution in [0.4, 0.5) is 4.39 Å². The van der Waals surface area contributed by atoms with Gasteiger partial charge in [0, 0.05) is 26.7 Å². The molecule has 1 rings (SSSR count). The molecule has 0 saturated carbocycles. The first-order valence-electron chi connectivity index (χ1n) is 5.83. The van der Waals surface area contributed by atoms with Gasteiger partial charge in [-0.3, -0.25) is 9.69 Å². The molecule has 0 saturated heterocycles. The van der Waals surface area contributed by atoms with Gasteiger partial charge < -0.3 is 10.0 Å². The molecule has 0 radical (unpaired) electrons. The number of likely N-dealkylation sites (N-methyl/N-ethyl adjacent to an activating group) is 2. The Morgan fingerprint density at radius 1 is 1.33 bits per heavy atom. The third kappa shape index (κ3) is 4.33. The molecule has 1 N–H and O–H groups in total. The number of benzene rings is 1. The monoisotopic (exact) mass is 254 g/mol. The first-order chi connectivity index (χ1) is 8.42. The number of hydrogen-bond acceptors (Lipinski definition) is 3. The number of amides is 1. The van der Waals surface area contributed by atoms with E-state index in [1.54, 1.807) is 14.1 Å². The molecule has 0 aromatic heterocycles. The summed E-state index contributed by atoms with van der Waals surface area (Å²) in [5.74, 6) is -0.572. The number of phenolic OH excluding ortho intramolecular Hbond substituents is 1. The number of carbonyl (C=O) groups is 1. The van der Waals surface area contributed by atoms with Crippen LogP contribution in [0.1, 0.15) is 12.5 Å². The Morgan fingerprint density at radius 2 is 2.00 bits per heavy atom. The molecule has 0 bridgehead atoms. The fourth-order valence-corrected chi connectivity index (χ4v) is 1.60. The fourth-order valence-electron chi connectivity index (χ4n) is 1.60. The largest absolute Gasteiger partial charge is 0.508 e. The van der Waals surface area contributed by atoms with E-state index in [4.69, 9.17) is 0 Å². The van der Waals surface area contributed by atoms with Crippen molar-refractivity contribution in [3.63, 3.8) is 0 Å². The van der Waals surface area contributed by atoms with Crippen LogP contribution in [0, 0.1) is 5.82 Å². The van der Waals surface area contributed by atoms with Crippen LogP contribution in [-0.4, -0.2) is 48.0 Å². The summed E-state index contributed by atoms with van der Waals surface area (Å²) in [5.41, 5.74) is 0.654. The van der Waals surface area contributed by atoms with Gasteiger partial charge in [-0.05, 0) is 24.2 Å². The number of nitrogens with zero attached hydrogens (tertiary/aromatic N) is 2. The molecule has 1 aromatic carbocycles. The van der Waals surface area contributed by atoms with Crippen molar-refractivity contribution in [3.8, 4) is 5.75 Å². The predicted molar refractivity (Wildman–Crippen MR) is 67.7 cm³/mol. The zero-order valence-electron chi connectivity index (χ0n) is 11.0. The van der Waals surface area contributed by atoms with E-state index in [1.807, 2.05) is 11.8 Å². The topological polar surface area (TPSA) is 43.8 Å². The van der Waals surface area contributed by atoms with E-state index in [1.165, 1.54) is 17.0 Å². The van der Waals surface area contributed by atoms with Crippen LogP contribution in [0.15, 0.2) is 18.2 Å². The normalized spacial score (nSPS) is 10.7. The summed E-state index contributed by atoms with van der Waals surface area (Å²) in [6.45, 7) is 3.32. The summed E-state index contributed by atoms with van der Waals surface area (Å²) in [7, 11) is 3.40. The van der Waals surface area contributed by atoms with E-state index in [-0.39, 0.29) is 18.2 Å². The van der Waals surface area contributed by atoms with Gasteiger partial charge in [-0.1, -0.05) is 6.92 Å². The molecule has 4 nitrogen and oxygen atoms in total. The quantitative estimate of drug-likeness (QED) is 0.864. The van der Waals surface area contributed by atoms with Crippen molar-refractivity contribution >= 4 is 5.91 Å². The molecule has 0 heterocycles. The summed E-state index contributed by atoms with van der Waals surface area (Å²) in [4.78, 5) is 15.0. The highest BCUT2D eigenvalue weighted by atomic mass is 19.1. The molecular weight excluding hydrogens is 235 g/mol. The number of carbonyl (C=O) groups excluding carboxylic acids is 1. The average Bonchev–Trinajstić information content (AvgIpc) is 2.26. The zero-order chi connectivity index (χ0) is 13.7. The number of phenols is 1. The van der Waals surface area contributed by atoms with Crippen molar-refractivity contribution in [2.75, 3.05) is 27.2 Å². The smallest absolute Gasteiger partial charge is 0.236 e. The van der Waals surface area contributed by atoms with E-state index in [2.05, 4.69) is 0 Å². The van der Waals surface area contributed by atoms with Crippen molar-refractivity contribution in [2.45, 2.75) is 13.5 Å². The van der Waals surface area contributed by atoms with Gasteiger partial charge in [0.25, 0.3) is 0 Å². The maximum atomic E-state index is 13.1. The second-order valence-electron chi connectivity index (χ2n) is 4.41. The first kappa shape index (κ1) is 14.4.